The first-order chi connectivity index (χ1) is 10.0. The number of methoxy groups -OCH3 is 1. The summed E-state index contributed by atoms with van der Waals surface area (Å²) in [6.07, 6.45) is 3.41. The van der Waals surface area contributed by atoms with Gasteiger partial charge < -0.3 is 16.2 Å². The van der Waals surface area contributed by atoms with Gasteiger partial charge in [-0.1, -0.05) is 0 Å². The van der Waals surface area contributed by atoms with Crippen LogP contribution in [0.5, 0.6) is 5.75 Å². The Kier molecular flexibility index (Phi) is 6.04. The molecule has 0 bridgehead atoms. The lowest BCUT2D eigenvalue weighted by atomic mass is 10.1. The molecule has 0 spiro atoms. The smallest absolute Gasteiger partial charge is 0.232 e. The van der Waals surface area contributed by atoms with Gasteiger partial charge in [-0.05, 0) is 18.2 Å². The van der Waals surface area contributed by atoms with Gasteiger partial charge in [-0.2, -0.15) is 10.4 Å². The highest BCUT2D eigenvalue weighted by atomic mass is 35.5. The normalized spacial score (nSPS) is 9.19. The molecule has 8 heteroatoms. The van der Waals surface area contributed by atoms with Crippen LogP contribution in [0.1, 0.15) is 5.56 Å². The molecule has 1 aromatic heterocycles. The lowest BCUT2D eigenvalue weighted by Gasteiger charge is -2.10. The van der Waals surface area contributed by atoms with Gasteiger partial charge in [0.05, 0.1) is 12.7 Å². The summed E-state index contributed by atoms with van der Waals surface area (Å²) in [5, 5.41) is 13.1. The molecule has 2 rings (SSSR count). The fourth-order valence-electron chi connectivity index (χ4n) is 1.51. The lowest BCUT2D eigenvalue weighted by molar-refractivity contribution is -0.115. The van der Waals surface area contributed by atoms with Crippen LogP contribution in [-0.4, -0.2) is 28.7 Å². The van der Waals surface area contributed by atoms with Gasteiger partial charge in [0.2, 0.25) is 5.91 Å². The molecule has 0 aliphatic carbocycles. The van der Waals surface area contributed by atoms with E-state index in [-0.39, 0.29) is 5.88 Å². The second kappa shape index (κ2) is 7.77. The van der Waals surface area contributed by atoms with Crippen molar-refractivity contribution in [2.45, 2.75) is 0 Å². The van der Waals surface area contributed by atoms with E-state index in [2.05, 4.69) is 10.8 Å². The van der Waals surface area contributed by atoms with Crippen LogP contribution < -0.4 is 16.2 Å². The third-order valence-electron chi connectivity index (χ3n) is 2.30. The Hall–Kier alpha value is -2.72. The molecule has 1 heterocycles. The molecule has 1 amide bonds. The van der Waals surface area contributed by atoms with Gasteiger partial charge in [-0.15, -0.1) is 11.6 Å². The van der Waals surface area contributed by atoms with E-state index in [4.69, 9.17) is 27.3 Å². The first-order valence-corrected chi connectivity index (χ1v) is 6.28. The van der Waals surface area contributed by atoms with Crippen molar-refractivity contribution in [2.75, 3.05) is 18.7 Å². The molecule has 4 N–H and O–H groups in total. The standard InChI is InChI=1S/C11H10N4O.C2H4ClNO/c1-16-11-8(7-12)5-9(13)6-10(11)15-4-2-3-14-15;3-1-2(4)5/h2-6H,13H2,1H3;1H2,(H2,4,5). The summed E-state index contributed by atoms with van der Waals surface area (Å²) in [6, 6.07) is 7.12. The molecule has 0 atom stereocenters. The van der Waals surface area contributed by atoms with Gasteiger partial charge in [-0.3, -0.25) is 4.79 Å². The van der Waals surface area contributed by atoms with Gasteiger partial charge in [-0.25, -0.2) is 4.68 Å². The van der Waals surface area contributed by atoms with Gasteiger partial charge in [0.15, 0.2) is 5.75 Å². The number of hydrogen-bond donors (Lipinski definition) is 2. The van der Waals surface area contributed by atoms with Crippen LogP contribution in [0.2, 0.25) is 0 Å². The van der Waals surface area contributed by atoms with E-state index in [1.54, 1.807) is 35.3 Å². The molecule has 0 saturated carbocycles. The Labute approximate surface area is 126 Å². The monoisotopic (exact) mass is 307 g/mol. The van der Waals surface area contributed by atoms with Gasteiger partial charge in [0.1, 0.15) is 17.6 Å². The fraction of sp³-hybridized carbons (Fsp3) is 0.154. The van der Waals surface area contributed by atoms with Gasteiger partial charge in [0.25, 0.3) is 0 Å². The number of amides is 1. The highest BCUT2D eigenvalue weighted by Gasteiger charge is 2.12. The summed E-state index contributed by atoms with van der Waals surface area (Å²) in [5.41, 5.74) is 11.8. The molecular weight excluding hydrogens is 294 g/mol. The lowest BCUT2D eigenvalue weighted by Crippen LogP contribution is -2.10. The molecule has 110 valence electrons. The van der Waals surface area contributed by atoms with Crippen LogP contribution in [0.25, 0.3) is 5.69 Å². The van der Waals surface area contributed by atoms with E-state index in [0.29, 0.717) is 22.7 Å². The molecule has 21 heavy (non-hydrogen) atoms. The summed E-state index contributed by atoms with van der Waals surface area (Å²) in [7, 11) is 1.51. The molecule has 1 aromatic carbocycles. The molecule has 0 aliphatic heterocycles. The Morgan fingerprint density at radius 3 is 2.67 bits per heavy atom. The highest BCUT2D eigenvalue weighted by Crippen LogP contribution is 2.29. The van der Waals surface area contributed by atoms with E-state index in [1.165, 1.54) is 7.11 Å². The van der Waals surface area contributed by atoms with E-state index in [0.717, 1.165) is 0 Å². The van der Waals surface area contributed by atoms with E-state index in [1.807, 2.05) is 6.07 Å². The summed E-state index contributed by atoms with van der Waals surface area (Å²) < 4.78 is 6.81. The second-order valence-electron chi connectivity index (χ2n) is 3.78. The topological polar surface area (TPSA) is 120 Å². The predicted octanol–water partition coefficient (Wildman–Crippen LogP) is 1.05. The number of primary amides is 1. The first-order valence-electron chi connectivity index (χ1n) is 5.75. The number of halogens is 1. The van der Waals surface area contributed by atoms with E-state index < -0.39 is 5.91 Å². The predicted molar refractivity (Wildman–Crippen MR) is 79.2 cm³/mol. The SMILES string of the molecule is COc1c(C#N)cc(N)cc1-n1cccn1.NC(=O)CCl. The molecule has 0 aliphatic rings. The highest BCUT2D eigenvalue weighted by molar-refractivity contribution is 6.27. The number of ether oxygens (including phenoxy) is 1. The summed E-state index contributed by atoms with van der Waals surface area (Å²) in [5.74, 6) is -0.0907. The second-order valence-corrected chi connectivity index (χ2v) is 4.05. The maximum absolute atomic E-state index is 9.46. The average Bonchev–Trinajstić information content (AvgIpc) is 3.00. The van der Waals surface area contributed by atoms with Crippen molar-refractivity contribution in [3.63, 3.8) is 0 Å². The minimum atomic E-state index is -0.480. The number of hydrogen-bond acceptors (Lipinski definition) is 5. The number of rotatable bonds is 3. The van der Waals surface area contributed by atoms with Crippen LogP contribution >= 0.6 is 11.6 Å². The number of nitriles is 1. The quantitative estimate of drug-likeness (QED) is 0.648. The van der Waals surface area contributed by atoms with Crippen molar-refractivity contribution in [1.82, 2.24) is 9.78 Å². The Balaban J connectivity index is 0.000000383. The molecule has 0 radical (unpaired) electrons. The van der Waals surface area contributed by atoms with Crippen LogP contribution in [0, 0.1) is 11.3 Å². The zero-order chi connectivity index (χ0) is 15.8. The maximum atomic E-state index is 9.46. The molecular formula is C13H14ClN5O2. The third kappa shape index (κ3) is 4.40. The average molecular weight is 308 g/mol. The van der Waals surface area contributed by atoms with Crippen molar-refractivity contribution in [3.05, 3.63) is 36.2 Å². The molecule has 0 fully saturated rings. The summed E-state index contributed by atoms with van der Waals surface area (Å²) in [6.45, 7) is 0. The number of aromatic nitrogens is 2. The Morgan fingerprint density at radius 1 is 1.57 bits per heavy atom. The van der Waals surface area contributed by atoms with Crippen molar-refractivity contribution >= 4 is 23.2 Å². The van der Waals surface area contributed by atoms with Gasteiger partial charge in [0, 0.05) is 18.1 Å². The van der Waals surface area contributed by atoms with Crippen LogP contribution in [0.15, 0.2) is 30.6 Å². The largest absolute Gasteiger partial charge is 0.493 e. The minimum Gasteiger partial charge on any atom is -0.493 e. The number of benzene rings is 1. The van der Waals surface area contributed by atoms with Crippen LogP contribution in [0.4, 0.5) is 5.69 Å². The number of nitrogens with two attached hydrogens (primary N) is 2. The van der Waals surface area contributed by atoms with Crippen molar-refractivity contribution < 1.29 is 9.53 Å². The molecule has 0 saturated heterocycles. The van der Waals surface area contributed by atoms with Crippen molar-refractivity contribution in [2.24, 2.45) is 5.73 Å². The Bertz CT molecular complexity index is 649. The zero-order valence-corrected chi connectivity index (χ0v) is 12.0. The third-order valence-corrected chi connectivity index (χ3v) is 2.56. The number of nitrogen functional groups attached to an aromatic ring is 1. The number of carbonyl (C=O) groups is 1. The van der Waals surface area contributed by atoms with Crippen LogP contribution in [0.3, 0.4) is 0 Å². The van der Waals surface area contributed by atoms with Crippen molar-refractivity contribution in [3.8, 4) is 17.5 Å². The summed E-state index contributed by atoms with van der Waals surface area (Å²) in [4.78, 5) is 9.46. The molecule has 7 nitrogen and oxygen atoms in total. The fourth-order valence-corrected chi connectivity index (χ4v) is 1.51. The number of alkyl halides is 1. The maximum Gasteiger partial charge on any atom is 0.232 e. The van der Waals surface area contributed by atoms with E-state index in [9.17, 15) is 4.79 Å². The number of anilines is 1. The van der Waals surface area contributed by atoms with Gasteiger partial charge >= 0.3 is 0 Å². The van der Waals surface area contributed by atoms with Crippen molar-refractivity contribution in [1.29, 1.82) is 5.26 Å². The summed E-state index contributed by atoms with van der Waals surface area (Å²) >= 11 is 4.86. The van der Waals surface area contributed by atoms with Crippen LogP contribution in [-0.2, 0) is 4.79 Å². The Morgan fingerprint density at radius 2 is 2.24 bits per heavy atom. The minimum absolute atomic E-state index is 0.0833. The van der Waals surface area contributed by atoms with E-state index >= 15 is 0 Å². The number of nitrogens with zero attached hydrogens (tertiary/aromatic N) is 3. The zero-order valence-electron chi connectivity index (χ0n) is 11.3. The molecule has 0 unspecified atom stereocenters. The first kappa shape index (κ1) is 16.3. The number of carbonyl (C=O) groups excluding carboxylic acids is 1. The molecule has 2 aromatic rings.